The van der Waals surface area contributed by atoms with E-state index in [4.69, 9.17) is 20.8 Å². The van der Waals surface area contributed by atoms with Crippen molar-refractivity contribution in [3.63, 3.8) is 0 Å². The minimum atomic E-state index is -0.961. The molecule has 0 saturated carbocycles. The zero-order valence-corrected chi connectivity index (χ0v) is 19.6. The van der Waals surface area contributed by atoms with E-state index in [-0.39, 0.29) is 16.2 Å². The Labute approximate surface area is 198 Å². The number of nitrogens with zero attached hydrogens (tertiary/aromatic N) is 1. The van der Waals surface area contributed by atoms with Gasteiger partial charge in [-0.2, -0.15) is 0 Å². The van der Waals surface area contributed by atoms with Crippen LogP contribution in [-0.4, -0.2) is 23.4 Å². The molecule has 0 radical (unpaired) electrons. The smallest absolute Gasteiger partial charge is 0.300 e. The Balaban J connectivity index is 1.93. The Bertz CT molecular complexity index is 1230. The predicted molar refractivity (Wildman–Crippen MR) is 125 cm³/mol. The number of hydrogen-bond donors (Lipinski definition) is 1. The summed E-state index contributed by atoms with van der Waals surface area (Å²) < 4.78 is 12.1. The molecule has 4 rings (SSSR count). The number of hydrogen-bond acceptors (Lipinski definition) is 5. The van der Waals surface area contributed by atoms with Crippen molar-refractivity contribution in [2.45, 2.75) is 19.9 Å². The van der Waals surface area contributed by atoms with Crippen LogP contribution in [0, 0.1) is 6.92 Å². The van der Waals surface area contributed by atoms with Crippen LogP contribution in [0.3, 0.4) is 0 Å². The number of carbonyl (C=O) groups is 2. The van der Waals surface area contributed by atoms with E-state index in [1.807, 2.05) is 6.92 Å². The van der Waals surface area contributed by atoms with Crippen LogP contribution in [0.25, 0.3) is 5.76 Å². The Kier molecular flexibility index (Phi) is 6.13. The first kappa shape index (κ1) is 22.2. The average molecular weight is 517 g/mol. The number of Topliss-reactive ketones (excluding diaryl/α,β-unsaturated/α-hetero) is 1. The summed E-state index contributed by atoms with van der Waals surface area (Å²) in [5.41, 5.74) is 0.574. The third-order valence-electron chi connectivity index (χ3n) is 5.08. The summed E-state index contributed by atoms with van der Waals surface area (Å²) in [6, 6.07) is 14.2. The number of halogens is 2. The molecule has 1 saturated heterocycles. The zero-order chi connectivity index (χ0) is 23.0. The topological polar surface area (TPSA) is 80.0 Å². The molecule has 6 nitrogen and oxygen atoms in total. The summed E-state index contributed by atoms with van der Waals surface area (Å²) in [7, 11) is 0. The van der Waals surface area contributed by atoms with Crippen molar-refractivity contribution in [2.75, 3.05) is 11.5 Å². The number of ketones is 1. The second kappa shape index (κ2) is 8.84. The van der Waals surface area contributed by atoms with Crippen molar-refractivity contribution in [1.82, 2.24) is 0 Å². The maximum absolute atomic E-state index is 13.1. The second-order valence-corrected chi connectivity index (χ2v) is 8.49. The number of anilines is 1. The Morgan fingerprint density at radius 1 is 1.16 bits per heavy atom. The van der Waals surface area contributed by atoms with E-state index in [2.05, 4.69) is 15.9 Å². The lowest BCUT2D eigenvalue weighted by Crippen LogP contribution is -2.29. The maximum Gasteiger partial charge on any atom is 0.300 e. The van der Waals surface area contributed by atoms with Gasteiger partial charge in [0.15, 0.2) is 0 Å². The minimum absolute atomic E-state index is 0.109. The highest BCUT2D eigenvalue weighted by Crippen LogP contribution is 2.44. The van der Waals surface area contributed by atoms with Gasteiger partial charge in [0.1, 0.15) is 29.1 Å². The Morgan fingerprint density at radius 3 is 2.50 bits per heavy atom. The van der Waals surface area contributed by atoms with Gasteiger partial charge >= 0.3 is 0 Å². The normalized spacial score (nSPS) is 17.8. The van der Waals surface area contributed by atoms with Crippen molar-refractivity contribution in [3.05, 3.63) is 86.7 Å². The van der Waals surface area contributed by atoms with Gasteiger partial charge in [0, 0.05) is 15.7 Å². The molecule has 1 amide bonds. The molecule has 164 valence electrons. The number of aryl methyl sites for hydroxylation is 1. The summed E-state index contributed by atoms with van der Waals surface area (Å²) in [4.78, 5) is 27.6. The van der Waals surface area contributed by atoms with E-state index in [0.717, 1.165) is 4.47 Å². The van der Waals surface area contributed by atoms with Gasteiger partial charge in [-0.1, -0.05) is 27.5 Å². The molecule has 0 aliphatic carbocycles. The van der Waals surface area contributed by atoms with Crippen LogP contribution in [0.2, 0.25) is 5.02 Å². The molecule has 1 atom stereocenters. The summed E-state index contributed by atoms with van der Waals surface area (Å²) in [6.07, 6.45) is 0. The fourth-order valence-corrected chi connectivity index (χ4v) is 4.13. The van der Waals surface area contributed by atoms with Gasteiger partial charge in [-0.25, -0.2) is 0 Å². The van der Waals surface area contributed by atoms with Crippen molar-refractivity contribution >= 4 is 50.7 Å². The monoisotopic (exact) mass is 515 g/mol. The summed E-state index contributed by atoms with van der Waals surface area (Å²) in [5, 5.41) is 11.4. The molecular formula is C24H19BrClNO5. The number of carbonyl (C=O) groups excluding carboxylic acids is 2. The summed E-state index contributed by atoms with van der Waals surface area (Å²) in [5.74, 6) is -0.562. The Hall–Kier alpha value is -3.03. The van der Waals surface area contributed by atoms with Crippen LogP contribution in [0.5, 0.6) is 5.75 Å². The number of benzene rings is 2. The van der Waals surface area contributed by atoms with Crippen molar-refractivity contribution < 1.29 is 23.8 Å². The van der Waals surface area contributed by atoms with Crippen molar-refractivity contribution in [1.29, 1.82) is 0 Å². The molecule has 32 heavy (non-hydrogen) atoms. The van der Waals surface area contributed by atoms with E-state index < -0.39 is 23.5 Å². The summed E-state index contributed by atoms with van der Waals surface area (Å²) >= 11 is 9.71. The quantitative estimate of drug-likeness (QED) is 0.254. The molecule has 2 heterocycles. The SMILES string of the molecule is CCOc1ccc(Cl)c(/C(O)=C2\C(=O)C(=O)N(c3ccc(Br)cc3)C2c2ccc(C)o2)c1. The van der Waals surface area contributed by atoms with Crippen LogP contribution in [-0.2, 0) is 9.59 Å². The van der Waals surface area contributed by atoms with Gasteiger partial charge in [-0.3, -0.25) is 14.5 Å². The average Bonchev–Trinajstić information content (AvgIpc) is 3.31. The third kappa shape index (κ3) is 3.94. The largest absolute Gasteiger partial charge is 0.507 e. The maximum atomic E-state index is 13.1. The van der Waals surface area contributed by atoms with Gasteiger partial charge in [-0.15, -0.1) is 0 Å². The Morgan fingerprint density at radius 2 is 1.88 bits per heavy atom. The first-order chi connectivity index (χ1) is 15.3. The number of furan rings is 1. The molecule has 1 unspecified atom stereocenters. The van der Waals surface area contributed by atoms with E-state index in [1.165, 1.54) is 4.90 Å². The third-order valence-corrected chi connectivity index (χ3v) is 5.94. The first-order valence-electron chi connectivity index (χ1n) is 9.87. The number of rotatable bonds is 5. The van der Waals surface area contributed by atoms with Crippen molar-refractivity contribution in [2.24, 2.45) is 0 Å². The molecule has 1 aromatic heterocycles. The summed E-state index contributed by atoms with van der Waals surface area (Å²) in [6.45, 7) is 4.01. The van der Waals surface area contributed by atoms with Gasteiger partial charge in [0.05, 0.1) is 17.2 Å². The number of aliphatic hydroxyl groups is 1. The lowest BCUT2D eigenvalue weighted by atomic mass is 9.99. The van der Waals surface area contributed by atoms with Crippen LogP contribution < -0.4 is 9.64 Å². The predicted octanol–water partition coefficient (Wildman–Crippen LogP) is 6.03. The highest BCUT2D eigenvalue weighted by Gasteiger charge is 2.48. The molecule has 0 bridgehead atoms. The van der Waals surface area contributed by atoms with Crippen molar-refractivity contribution in [3.8, 4) is 5.75 Å². The van der Waals surface area contributed by atoms with Gasteiger partial charge in [0.2, 0.25) is 0 Å². The van der Waals surface area contributed by atoms with Crippen LogP contribution >= 0.6 is 27.5 Å². The zero-order valence-electron chi connectivity index (χ0n) is 17.3. The van der Waals surface area contributed by atoms with Crippen LogP contribution in [0.4, 0.5) is 5.69 Å². The van der Waals surface area contributed by atoms with E-state index in [9.17, 15) is 14.7 Å². The number of ether oxygens (including phenoxy) is 1. The van der Waals surface area contributed by atoms with E-state index in [1.54, 1.807) is 61.5 Å². The lowest BCUT2D eigenvalue weighted by molar-refractivity contribution is -0.132. The second-order valence-electron chi connectivity index (χ2n) is 7.17. The number of aliphatic hydroxyl groups excluding tert-OH is 1. The molecule has 3 aromatic rings. The van der Waals surface area contributed by atoms with E-state index >= 15 is 0 Å². The van der Waals surface area contributed by atoms with Crippen LogP contribution in [0.1, 0.15) is 30.0 Å². The molecule has 1 aliphatic heterocycles. The first-order valence-corrected chi connectivity index (χ1v) is 11.0. The van der Waals surface area contributed by atoms with Gasteiger partial charge in [-0.05, 0) is 68.4 Å². The highest BCUT2D eigenvalue weighted by molar-refractivity contribution is 9.10. The van der Waals surface area contributed by atoms with Gasteiger partial charge in [0.25, 0.3) is 11.7 Å². The molecular weight excluding hydrogens is 498 g/mol. The molecule has 1 aliphatic rings. The molecule has 0 spiro atoms. The fraction of sp³-hybridized carbons (Fsp3) is 0.167. The minimum Gasteiger partial charge on any atom is -0.507 e. The highest BCUT2D eigenvalue weighted by atomic mass is 79.9. The van der Waals surface area contributed by atoms with E-state index in [0.29, 0.717) is 29.6 Å². The fourth-order valence-electron chi connectivity index (χ4n) is 3.66. The van der Waals surface area contributed by atoms with Crippen LogP contribution in [0.15, 0.2) is 69.1 Å². The van der Waals surface area contributed by atoms with Gasteiger partial charge < -0.3 is 14.3 Å². The molecule has 8 heteroatoms. The number of amides is 1. The molecule has 2 aromatic carbocycles. The molecule has 1 N–H and O–H groups in total. The molecule has 1 fully saturated rings. The lowest BCUT2D eigenvalue weighted by Gasteiger charge is -2.23. The standard InChI is InChI=1S/C24H19BrClNO5/c1-3-31-16-9-10-18(26)17(12-16)22(28)20-21(19-11-4-13(2)32-19)27(24(30)23(20)29)15-7-5-14(25)6-8-15/h4-12,21,28H,3H2,1-2H3/b22-20+.